The van der Waals surface area contributed by atoms with E-state index in [2.05, 4.69) is 22.1 Å². The summed E-state index contributed by atoms with van der Waals surface area (Å²) < 4.78 is 0. The zero-order chi connectivity index (χ0) is 15.2. The third-order valence-electron chi connectivity index (χ3n) is 4.17. The zero-order valence-electron chi connectivity index (χ0n) is 13.1. The molecule has 0 radical (unpaired) electrons. The molecule has 1 amide bonds. The highest BCUT2D eigenvalue weighted by Gasteiger charge is 2.15. The number of nitrogen functional groups attached to an aromatic ring is 1. The van der Waals surface area contributed by atoms with E-state index in [-0.39, 0.29) is 5.91 Å². The second-order valence-corrected chi connectivity index (χ2v) is 6.04. The van der Waals surface area contributed by atoms with Crippen LogP contribution in [-0.2, 0) is 0 Å². The number of anilines is 1. The van der Waals surface area contributed by atoms with Gasteiger partial charge in [0.2, 0.25) is 0 Å². The Bertz CT molecular complexity index is 481. The van der Waals surface area contributed by atoms with Crippen LogP contribution in [-0.4, -0.2) is 42.0 Å². The molecular formula is C16H26N4O. The first-order valence-electron chi connectivity index (χ1n) is 7.79. The van der Waals surface area contributed by atoms with Crippen LogP contribution in [0.2, 0.25) is 0 Å². The van der Waals surface area contributed by atoms with Gasteiger partial charge in [-0.2, -0.15) is 0 Å². The second-order valence-electron chi connectivity index (χ2n) is 6.04. The number of pyridine rings is 1. The van der Waals surface area contributed by atoms with E-state index in [1.807, 2.05) is 6.92 Å². The predicted octanol–water partition coefficient (Wildman–Crippen LogP) is 1.82. The van der Waals surface area contributed by atoms with Crippen molar-refractivity contribution in [1.29, 1.82) is 0 Å². The molecule has 1 aromatic heterocycles. The van der Waals surface area contributed by atoms with Crippen LogP contribution in [0, 0.1) is 12.8 Å². The Morgan fingerprint density at radius 3 is 2.90 bits per heavy atom. The maximum Gasteiger partial charge on any atom is 0.253 e. The molecule has 1 aliphatic rings. The Kier molecular flexibility index (Phi) is 5.56. The molecule has 0 atom stereocenters. The molecule has 0 unspecified atom stereocenters. The van der Waals surface area contributed by atoms with Crippen molar-refractivity contribution in [3.63, 3.8) is 0 Å². The maximum atomic E-state index is 12.1. The summed E-state index contributed by atoms with van der Waals surface area (Å²) in [6.45, 7) is 8.27. The molecule has 1 aliphatic heterocycles. The number of rotatable bonds is 5. The Hall–Kier alpha value is -1.62. The van der Waals surface area contributed by atoms with Gasteiger partial charge >= 0.3 is 0 Å². The fourth-order valence-electron chi connectivity index (χ4n) is 2.66. The molecule has 5 nitrogen and oxygen atoms in total. The highest BCUT2D eigenvalue weighted by atomic mass is 16.1. The third-order valence-corrected chi connectivity index (χ3v) is 4.17. The molecule has 5 heteroatoms. The van der Waals surface area contributed by atoms with Gasteiger partial charge in [-0.15, -0.1) is 0 Å². The molecule has 0 aromatic carbocycles. The summed E-state index contributed by atoms with van der Waals surface area (Å²) in [5.74, 6) is 0.777. The van der Waals surface area contributed by atoms with Gasteiger partial charge in [0.25, 0.3) is 5.91 Å². The number of aromatic nitrogens is 1. The molecule has 0 aliphatic carbocycles. The van der Waals surface area contributed by atoms with Crippen molar-refractivity contribution in [3.05, 3.63) is 23.5 Å². The summed E-state index contributed by atoms with van der Waals surface area (Å²) in [7, 11) is 0. The van der Waals surface area contributed by atoms with Gasteiger partial charge in [0.15, 0.2) is 0 Å². The monoisotopic (exact) mass is 290 g/mol. The minimum Gasteiger partial charge on any atom is -0.397 e. The minimum atomic E-state index is -0.0837. The fraction of sp³-hybridized carbons (Fsp3) is 0.625. The summed E-state index contributed by atoms with van der Waals surface area (Å²) in [6.07, 6.45) is 5.14. The molecule has 1 fully saturated rings. The Morgan fingerprint density at radius 2 is 2.19 bits per heavy atom. The van der Waals surface area contributed by atoms with Crippen molar-refractivity contribution in [2.75, 3.05) is 31.9 Å². The first-order chi connectivity index (χ1) is 10.1. The molecule has 2 rings (SSSR count). The smallest absolute Gasteiger partial charge is 0.253 e. The van der Waals surface area contributed by atoms with Crippen molar-refractivity contribution >= 4 is 11.6 Å². The number of nitrogens with two attached hydrogens (primary N) is 1. The normalized spacial score (nSPS) is 16.9. The fourth-order valence-corrected chi connectivity index (χ4v) is 2.66. The van der Waals surface area contributed by atoms with Gasteiger partial charge in [0.05, 0.1) is 23.1 Å². The molecule has 1 saturated heterocycles. The van der Waals surface area contributed by atoms with Gasteiger partial charge in [-0.3, -0.25) is 9.78 Å². The molecule has 21 heavy (non-hydrogen) atoms. The topological polar surface area (TPSA) is 71.2 Å². The van der Waals surface area contributed by atoms with E-state index in [4.69, 9.17) is 5.73 Å². The van der Waals surface area contributed by atoms with Gasteiger partial charge in [-0.25, -0.2) is 0 Å². The minimum absolute atomic E-state index is 0.0837. The lowest BCUT2D eigenvalue weighted by atomic mass is 9.99. The second kappa shape index (κ2) is 7.41. The zero-order valence-corrected chi connectivity index (χ0v) is 13.1. The van der Waals surface area contributed by atoms with Crippen LogP contribution >= 0.6 is 0 Å². The van der Waals surface area contributed by atoms with Gasteiger partial charge < -0.3 is 16.0 Å². The van der Waals surface area contributed by atoms with E-state index in [0.29, 0.717) is 23.5 Å². The van der Waals surface area contributed by atoms with Gasteiger partial charge in [-0.05, 0) is 57.8 Å². The number of carbonyl (C=O) groups excluding carboxylic acids is 1. The highest BCUT2D eigenvalue weighted by molar-refractivity contribution is 5.95. The van der Waals surface area contributed by atoms with E-state index < -0.39 is 0 Å². The van der Waals surface area contributed by atoms with Crippen LogP contribution in [0.15, 0.2) is 12.3 Å². The van der Waals surface area contributed by atoms with E-state index in [9.17, 15) is 4.79 Å². The Balaban J connectivity index is 1.71. The molecule has 1 aromatic rings. The number of likely N-dealkylation sites (tertiary alicyclic amines) is 1. The van der Waals surface area contributed by atoms with Crippen LogP contribution in [0.25, 0.3) is 0 Å². The lowest BCUT2D eigenvalue weighted by molar-refractivity contribution is 0.0949. The largest absolute Gasteiger partial charge is 0.397 e. The lowest BCUT2D eigenvalue weighted by Crippen LogP contribution is -2.35. The van der Waals surface area contributed by atoms with Crippen molar-refractivity contribution in [2.45, 2.75) is 33.1 Å². The number of amides is 1. The van der Waals surface area contributed by atoms with Crippen molar-refractivity contribution in [1.82, 2.24) is 15.2 Å². The molecular weight excluding hydrogens is 264 g/mol. The van der Waals surface area contributed by atoms with Gasteiger partial charge in [0, 0.05) is 6.54 Å². The number of aryl methyl sites for hydroxylation is 1. The van der Waals surface area contributed by atoms with Crippen LogP contribution in [0.3, 0.4) is 0 Å². The molecule has 0 saturated carbocycles. The summed E-state index contributed by atoms with van der Waals surface area (Å²) in [5, 5.41) is 2.95. The predicted molar refractivity (Wildman–Crippen MR) is 85.2 cm³/mol. The van der Waals surface area contributed by atoms with Gasteiger partial charge in [-0.1, -0.05) is 6.92 Å². The quantitative estimate of drug-likeness (QED) is 0.812. The number of hydrogen-bond donors (Lipinski definition) is 2. The maximum absolute atomic E-state index is 12.1. The van der Waals surface area contributed by atoms with E-state index in [0.717, 1.165) is 18.9 Å². The van der Waals surface area contributed by atoms with E-state index in [1.54, 1.807) is 12.3 Å². The van der Waals surface area contributed by atoms with Crippen LogP contribution in [0.4, 0.5) is 5.69 Å². The molecule has 3 N–H and O–H groups in total. The summed E-state index contributed by atoms with van der Waals surface area (Å²) in [6, 6.07) is 1.68. The van der Waals surface area contributed by atoms with Gasteiger partial charge in [0.1, 0.15) is 0 Å². The highest BCUT2D eigenvalue weighted by Crippen LogP contribution is 2.15. The van der Waals surface area contributed by atoms with Crippen LogP contribution in [0.5, 0.6) is 0 Å². The van der Waals surface area contributed by atoms with Crippen LogP contribution < -0.4 is 11.1 Å². The number of piperidine rings is 1. The summed E-state index contributed by atoms with van der Waals surface area (Å²) in [4.78, 5) is 18.7. The lowest BCUT2D eigenvalue weighted by Gasteiger charge is -2.30. The Labute approximate surface area is 126 Å². The standard InChI is InChI=1S/C16H26N4O/c1-12-4-8-20(9-5-12)7-3-6-18-16(21)15-10-14(17)11-19-13(15)2/h10-12H,3-9,17H2,1-2H3,(H,18,21). The SMILES string of the molecule is Cc1ncc(N)cc1C(=O)NCCCN1CCC(C)CC1. The summed E-state index contributed by atoms with van der Waals surface area (Å²) >= 11 is 0. The number of nitrogens with zero attached hydrogens (tertiary/aromatic N) is 2. The third kappa shape index (κ3) is 4.70. The molecule has 116 valence electrons. The first-order valence-corrected chi connectivity index (χ1v) is 7.79. The Morgan fingerprint density at radius 1 is 1.48 bits per heavy atom. The van der Waals surface area contributed by atoms with E-state index in [1.165, 1.54) is 25.9 Å². The van der Waals surface area contributed by atoms with Crippen LogP contribution in [0.1, 0.15) is 42.2 Å². The number of carbonyl (C=O) groups is 1. The first kappa shape index (κ1) is 15.8. The number of nitrogens with one attached hydrogen (secondary N) is 1. The average Bonchev–Trinajstić information content (AvgIpc) is 2.47. The van der Waals surface area contributed by atoms with Crippen molar-refractivity contribution in [3.8, 4) is 0 Å². The van der Waals surface area contributed by atoms with Crippen molar-refractivity contribution < 1.29 is 4.79 Å². The average molecular weight is 290 g/mol. The summed E-state index contributed by atoms with van der Waals surface area (Å²) in [5.41, 5.74) is 7.49. The molecule has 0 bridgehead atoms. The number of hydrogen-bond acceptors (Lipinski definition) is 4. The molecule has 2 heterocycles. The molecule has 0 spiro atoms. The van der Waals surface area contributed by atoms with Crippen molar-refractivity contribution in [2.24, 2.45) is 5.92 Å². The van der Waals surface area contributed by atoms with E-state index >= 15 is 0 Å².